The minimum absolute atomic E-state index is 0.211. The maximum Gasteiger partial charge on any atom is 0.271 e. The van der Waals surface area contributed by atoms with Gasteiger partial charge in [0, 0.05) is 6.04 Å². The molecule has 1 heterocycles. The molecular weight excluding hydrogens is 226 g/mol. The van der Waals surface area contributed by atoms with Gasteiger partial charge in [-0.25, -0.2) is 4.98 Å². The summed E-state index contributed by atoms with van der Waals surface area (Å²) in [4.78, 5) is 15.8. The van der Waals surface area contributed by atoms with Gasteiger partial charge in [0.1, 0.15) is 11.5 Å². The van der Waals surface area contributed by atoms with E-state index in [1.165, 1.54) is 0 Å². The highest BCUT2D eigenvalue weighted by Crippen LogP contribution is 2.33. The zero-order valence-electron chi connectivity index (χ0n) is 9.03. The Balaban J connectivity index is 2.06. The summed E-state index contributed by atoms with van der Waals surface area (Å²) in [5, 5.41) is 3.23. The zero-order chi connectivity index (χ0) is 11.7. The number of pyridine rings is 1. The molecule has 86 valence electrons. The smallest absolute Gasteiger partial charge is 0.271 e. The number of amides is 1. The number of nitrogens with two attached hydrogens (primary N) is 1. The highest BCUT2D eigenvalue weighted by molar-refractivity contribution is 6.33. The zero-order valence-corrected chi connectivity index (χ0v) is 9.79. The summed E-state index contributed by atoms with van der Waals surface area (Å²) >= 11 is 5.89. The summed E-state index contributed by atoms with van der Waals surface area (Å²) in [6, 6.07) is 3.44. The molecule has 4 nitrogen and oxygen atoms in total. The topological polar surface area (TPSA) is 68.0 Å². The van der Waals surface area contributed by atoms with Crippen LogP contribution in [0, 0.1) is 5.92 Å². The second-order valence-corrected chi connectivity index (χ2v) is 4.46. The van der Waals surface area contributed by atoms with Gasteiger partial charge in [-0.2, -0.15) is 0 Å². The van der Waals surface area contributed by atoms with Gasteiger partial charge in [-0.1, -0.05) is 24.9 Å². The van der Waals surface area contributed by atoms with Crippen molar-refractivity contribution in [1.29, 1.82) is 0 Å². The molecule has 3 N–H and O–H groups in total. The summed E-state index contributed by atoms with van der Waals surface area (Å²) in [5.41, 5.74) is 5.73. The molecule has 2 atom stereocenters. The van der Waals surface area contributed by atoms with E-state index in [1.54, 1.807) is 12.1 Å². The molecule has 0 bridgehead atoms. The van der Waals surface area contributed by atoms with E-state index in [4.69, 9.17) is 17.3 Å². The molecule has 0 aromatic carbocycles. The van der Waals surface area contributed by atoms with Crippen LogP contribution in [-0.4, -0.2) is 16.9 Å². The van der Waals surface area contributed by atoms with Gasteiger partial charge in [0.2, 0.25) is 0 Å². The molecular formula is C11H14ClN3O. The van der Waals surface area contributed by atoms with Crippen LogP contribution in [0.3, 0.4) is 0 Å². The molecule has 16 heavy (non-hydrogen) atoms. The fourth-order valence-corrected chi connectivity index (χ4v) is 1.92. The second-order valence-electron chi connectivity index (χ2n) is 4.05. The molecule has 0 saturated heterocycles. The van der Waals surface area contributed by atoms with Crippen molar-refractivity contribution < 1.29 is 4.79 Å². The van der Waals surface area contributed by atoms with Crippen molar-refractivity contribution in [3.63, 3.8) is 0 Å². The number of halogens is 1. The summed E-state index contributed by atoms with van der Waals surface area (Å²) < 4.78 is 0. The summed E-state index contributed by atoms with van der Waals surface area (Å²) in [6.07, 6.45) is 2.13. The van der Waals surface area contributed by atoms with E-state index >= 15 is 0 Å². The average molecular weight is 240 g/mol. The van der Waals surface area contributed by atoms with E-state index in [1.807, 2.05) is 0 Å². The molecule has 0 spiro atoms. The van der Waals surface area contributed by atoms with Crippen LogP contribution in [0.2, 0.25) is 5.02 Å². The van der Waals surface area contributed by atoms with Crippen molar-refractivity contribution in [1.82, 2.24) is 10.3 Å². The van der Waals surface area contributed by atoms with Gasteiger partial charge in [-0.05, 0) is 24.5 Å². The van der Waals surface area contributed by atoms with Crippen molar-refractivity contribution in [3.8, 4) is 0 Å². The molecule has 1 amide bonds. The number of rotatable bonds is 3. The molecule has 1 aliphatic carbocycles. The number of nitrogens with one attached hydrogen (secondary N) is 1. The standard InChI is InChI=1S/C11H14ClN3O/c1-2-6-5-8(6)14-11(16)10-7(12)3-4-9(13)15-10/h3-4,6,8H,2,5H2,1H3,(H2,13,15)(H,14,16). The Morgan fingerprint density at radius 2 is 2.44 bits per heavy atom. The summed E-state index contributed by atoms with van der Waals surface area (Å²) in [5.74, 6) is 0.666. The third kappa shape index (κ3) is 2.27. The van der Waals surface area contributed by atoms with Gasteiger partial charge in [-0.3, -0.25) is 4.79 Å². The Labute approximate surface area is 99.2 Å². The van der Waals surface area contributed by atoms with Crippen LogP contribution >= 0.6 is 11.6 Å². The Morgan fingerprint density at radius 1 is 1.69 bits per heavy atom. The first-order chi connectivity index (χ1) is 7.61. The predicted octanol–water partition coefficient (Wildman–Crippen LogP) is 1.85. The van der Waals surface area contributed by atoms with Crippen LogP contribution in [0.25, 0.3) is 0 Å². The quantitative estimate of drug-likeness (QED) is 0.846. The number of hydrogen-bond donors (Lipinski definition) is 2. The highest BCUT2D eigenvalue weighted by Gasteiger charge is 2.37. The Kier molecular flexibility index (Phi) is 3.01. The number of anilines is 1. The number of hydrogen-bond acceptors (Lipinski definition) is 3. The summed E-state index contributed by atoms with van der Waals surface area (Å²) in [6.45, 7) is 2.11. The number of aromatic nitrogens is 1. The van der Waals surface area contributed by atoms with Crippen LogP contribution in [0.4, 0.5) is 5.82 Å². The molecule has 0 aliphatic heterocycles. The molecule has 2 rings (SSSR count). The number of carbonyl (C=O) groups is 1. The van der Waals surface area contributed by atoms with E-state index in [0.717, 1.165) is 12.8 Å². The highest BCUT2D eigenvalue weighted by atomic mass is 35.5. The monoisotopic (exact) mass is 239 g/mol. The number of carbonyl (C=O) groups excluding carboxylic acids is 1. The Bertz CT molecular complexity index is 422. The van der Waals surface area contributed by atoms with Crippen molar-refractivity contribution in [3.05, 3.63) is 22.8 Å². The normalized spacial score (nSPS) is 22.9. The molecule has 5 heteroatoms. The first kappa shape index (κ1) is 11.2. The van der Waals surface area contributed by atoms with Crippen molar-refractivity contribution in [2.75, 3.05) is 5.73 Å². The maximum atomic E-state index is 11.8. The van der Waals surface area contributed by atoms with Gasteiger partial charge in [-0.15, -0.1) is 0 Å². The lowest BCUT2D eigenvalue weighted by molar-refractivity contribution is 0.0944. The summed E-state index contributed by atoms with van der Waals surface area (Å²) in [7, 11) is 0. The van der Waals surface area contributed by atoms with Crippen LogP contribution in [-0.2, 0) is 0 Å². The van der Waals surface area contributed by atoms with Crippen molar-refractivity contribution in [2.24, 2.45) is 5.92 Å². The Hall–Kier alpha value is -1.29. The lowest BCUT2D eigenvalue weighted by atomic mass is 10.3. The van der Waals surface area contributed by atoms with E-state index in [9.17, 15) is 4.79 Å². The fraction of sp³-hybridized carbons (Fsp3) is 0.455. The molecule has 1 aromatic heterocycles. The van der Waals surface area contributed by atoms with Crippen molar-refractivity contribution >= 4 is 23.3 Å². The van der Waals surface area contributed by atoms with Crippen LogP contribution < -0.4 is 11.1 Å². The van der Waals surface area contributed by atoms with Gasteiger partial charge in [0.15, 0.2) is 0 Å². The molecule has 2 unspecified atom stereocenters. The molecule has 0 radical (unpaired) electrons. The predicted molar refractivity (Wildman–Crippen MR) is 63.3 cm³/mol. The third-order valence-electron chi connectivity index (χ3n) is 2.85. The average Bonchev–Trinajstić information content (AvgIpc) is 3.00. The lowest BCUT2D eigenvalue weighted by Gasteiger charge is -2.05. The minimum Gasteiger partial charge on any atom is -0.384 e. The fourth-order valence-electron chi connectivity index (χ4n) is 1.73. The molecule has 1 aliphatic rings. The van der Waals surface area contributed by atoms with Gasteiger partial charge in [0.25, 0.3) is 5.91 Å². The number of nitrogens with zero attached hydrogens (tertiary/aromatic N) is 1. The van der Waals surface area contributed by atoms with Crippen LogP contribution in [0.5, 0.6) is 0 Å². The third-order valence-corrected chi connectivity index (χ3v) is 3.15. The van der Waals surface area contributed by atoms with E-state index < -0.39 is 0 Å². The first-order valence-electron chi connectivity index (χ1n) is 5.34. The molecule has 1 aromatic rings. The van der Waals surface area contributed by atoms with E-state index in [2.05, 4.69) is 17.2 Å². The van der Waals surface area contributed by atoms with Gasteiger partial charge in [0.05, 0.1) is 5.02 Å². The molecule has 1 saturated carbocycles. The van der Waals surface area contributed by atoms with E-state index in [0.29, 0.717) is 16.8 Å². The van der Waals surface area contributed by atoms with Crippen molar-refractivity contribution in [2.45, 2.75) is 25.8 Å². The van der Waals surface area contributed by atoms with E-state index in [-0.39, 0.29) is 17.6 Å². The van der Waals surface area contributed by atoms with Gasteiger partial charge >= 0.3 is 0 Å². The van der Waals surface area contributed by atoms with Crippen LogP contribution in [0.15, 0.2) is 12.1 Å². The lowest BCUT2D eigenvalue weighted by Crippen LogP contribution is -2.28. The first-order valence-corrected chi connectivity index (χ1v) is 5.72. The maximum absolute atomic E-state index is 11.8. The van der Waals surface area contributed by atoms with Gasteiger partial charge < -0.3 is 11.1 Å². The largest absolute Gasteiger partial charge is 0.384 e. The number of nitrogen functional groups attached to an aromatic ring is 1. The SMILES string of the molecule is CCC1CC1NC(=O)c1nc(N)ccc1Cl. The second kappa shape index (κ2) is 4.29. The molecule has 1 fully saturated rings. The Morgan fingerprint density at radius 3 is 3.06 bits per heavy atom. The van der Waals surface area contributed by atoms with Crippen LogP contribution in [0.1, 0.15) is 30.3 Å². The minimum atomic E-state index is -0.238.